The van der Waals surface area contributed by atoms with Crippen molar-refractivity contribution in [1.29, 1.82) is 0 Å². The Morgan fingerprint density at radius 1 is 1.18 bits per heavy atom. The van der Waals surface area contributed by atoms with Gasteiger partial charge in [0.1, 0.15) is 0 Å². The summed E-state index contributed by atoms with van der Waals surface area (Å²) in [7, 11) is 0. The Balaban J connectivity index is 1.92. The number of hydrogen-bond donors (Lipinski definition) is 0. The quantitative estimate of drug-likeness (QED) is 0.563. The molecule has 2 heterocycles. The van der Waals surface area contributed by atoms with Crippen LogP contribution < -0.4 is 0 Å². The first-order chi connectivity index (χ1) is 8.15. The van der Waals surface area contributed by atoms with Gasteiger partial charge in [0.2, 0.25) is 0 Å². The Kier molecular flexibility index (Phi) is 3.50. The highest BCUT2D eigenvalue weighted by Crippen LogP contribution is 2.43. The summed E-state index contributed by atoms with van der Waals surface area (Å²) in [6.07, 6.45) is 3.91. The molecule has 0 fully saturated rings. The predicted molar refractivity (Wildman–Crippen MR) is 83.9 cm³/mol. The lowest BCUT2D eigenvalue weighted by Gasteiger charge is -2.04. The molecule has 0 amide bonds. The Morgan fingerprint density at radius 2 is 1.94 bits per heavy atom. The summed E-state index contributed by atoms with van der Waals surface area (Å²) in [6.45, 7) is 2.16. The summed E-state index contributed by atoms with van der Waals surface area (Å²) >= 11 is 11.3. The van der Waals surface area contributed by atoms with Crippen molar-refractivity contribution in [3.8, 4) is 0 Å². The van der Waals surface area contributed by atoms with Crippen molar-refractivity contribution in [2.45, 2.75) is 31.0 Å². The van der Waals surface area contributed by atoms with Gasteiger partial charge in [-0.15, -0.1) is 22.7 Å². The van der Waals surface area contributed by atoms with Crippen LogP contribution in [0.5, 0.6) is 0 Å². The van der Waals surface area contributed by atoms with Crippen LogP contribution in [-0.2, 0) is 12.8 Å². The molecule has 4 heteroatoms. The molecule has 0 nitrogen and oxygen atoms in total. The molecular weight excluding hydrogens is 380 g/mol. The first-order valence-electron chi connectivity index (χ1n) is 5.66. The minimum atomic E-state index is 0.369. The Hall–Kier alpha value is 0.360. The number of halogens is 2. The van der Waals surface area contributed by atoms with E-state index in [4.69, 9.17) is 0 Å². The van der Waals surface area contributed by atoms with E-state index in [2.05, 4.69) is 50.9 Å². The largest absolute Gasteiger partial charge is 0.144 e. The maximum atomic E-state index is 3.84. The van der Waals surface area contributed by atoms with E-state index < -0.39 is 0 Å². The molecule has 1 atom stereocenters. The average Bonchev–Trinajstić information content (AvgIpc) is 2.92. The topological polar surface area (TPSA) is 0 Å². The molecule has 0 bridgehead atoms. The summed E-state index contributed by atoms with van der Waals surface area (Å²) < 4.78 is 1.23. The number of hydrogen-bond acceptors (Lipinski definition) is 2. The second kappa shape index (κ2) is 4.80. The van der Waals surface area contributed by atoms with Gasteiger partial charge >= 0.3 is 0 Å². The van der Waals surface area contributed by atoms with Crippen LogP contribution in [0.4, 0.5) is 0 Å². The van der Waals surface area contributed by atoms with Gasteiger partial charge in [-0.2, -0.15) is 0 Å². The summed E-state index contributed by atoms with van der Waals surface area (Å²) in [4.78, 5) is 6.19. The monoisotopic (exact) mass is 390 g/mol. The molecule has 0 saturated carbocycles. The molecule has 90 valence electrons. The Bertz CT molecular complexity index is 513. The predicted octanol–water partition coefficient (Wildman–Crippen LogP) is 5.85. The van der Waals surface area contributed by atoms with E-state index >= 15 is 0 Å². The van der Waals surface area contributed by atoms with E-state index in [0.717, 1.165) is 0 Å². The molecule has 2 aromatic heterocycles. The van der Waals surface area contributed by atoms with Gasteiger partial charge in [0.15, 0.2) is 0 Å². The molecule has 3 rings (SSSR count). The van der Waals surface area contributed by atoms with Crippen molar-refractivity contribution in [3.63, 3.8) is 0 Å². The van der Waals surface area contributed by atoms with Crippen molar-refractivity contribution in [1.82, 2.24) is 0 Å². The van der Waals surface area contributed by atoms with Gasteiger partial charge in [-0.3, -0.25) is 0 Å². The van der Waals surface area contributed by atoms with Crippen LogP contribution in [0.3, 0.4) is 0 Å². The molecule has 0 radical (unpaired) electrons. The highest BCUT2D eigenvalue weighted by atomic mass is 79.9. The standard InChI is InChI=1S/C13H12Br2S2/c1-7-9(14)6-12(16-7)13(15)11-5-8-3-2-4-10(8)17-11/h5-6,13H,2-4H2,1H3. The van der Waals surface area contributed by atoms with Crippen LogP contribution >= 0.6 is 54.5 Å². The molecule has 0 spiro atoms. The third-order valence-electron chi connectivity index (χ3n) is 3.14. The average molecular weight is 392 g/mol. The number of aryl methyl sites for hydroxylation is 3. The van der Waals surface area contributed by atoms with E-state index in [0.29, 0.717) is 4.83 Å². The lowest BCUT2D eigenvalue weighted by molar-refractivity contribution is 0.913. The fraction of sp³-hybridized carbons (Fsp3) is 0.385. The second-order valence-corrected chi connectivity index (χ2v) is 8.59. The SMILES string of the molecule is Cc1sc(C(Br)c2cc3c(s2)CCC3)cc1Br. The van der Waals surface area contributed by atoms with Crippen LogP contribution in [0.25, 0.3) is 0 Å². The van der Waals surface area contributed by atoms with Crippen molar-refractivity contribution < 1.29 is 0 Å². The van der Waals surface area contributed by atoms with E-state index in [1.54, 1.807) is 10.4 Å². The normalized spacial score (nSPS) is 16.2. The van der Waals surface area contributed by atoms with Gasteiger partial charge in [-0.05, 0) is 59.8 Å². The van der Waals surface area contributed by atoms with Gasteiger partial charge in [0.05, 0.1) is 4.83 Å². The maximum absolute atomic E-state index is 3.84. The Labute approximate surface area is 126 Å². The van der Waals surface area contributed by atoms with E-state index in [-0.39, 0.29) is 0 Å². The first kappa shape index (κ1) is 12.4. The summed E-state index contributed by atoms with van der Waals surface area (Å²) in [5.74, 6) is 0. The minimum absolute atomic E-state index is 0.369. The zero-order chi connectivity index (χ0) is 12.0. The number of rotatable bonds is 2. The van der Waals surface area contributed by atoms with Crippen LogP contribution in [0.15, 0.2) is 16.6 Å². The van der Waals surface area contributed by atoms with Gasteiger partial charge < -0.3 is 0 Å². The van der Waals surface area contributed by atoms with Gasteiger partial charge in [-0.1, -0.05) is 15.9 Å². The second-order valence-electron chi connectivity index (χ2n) is 4.37. The summed E-state index contributed by atoms with van der Waals surface area (Å²) in [5.41, 5.74) is 1.58. The smallest absolute Gasteiger partial charge is 0.0831 e. The molecule has 1 aliphatic carbocycles. The number of fused-ring (bicyclic) bond motifs is 1. The molecule has 0 aromatic carbocycles. The number of alkyl halides is 1. The van der Waals surface area contributed by atoms with Crippen LogP contribution in [0.1, 0.15) is 36.3 Å². The minimum Gasteiger partial charge on any atom is -0.144 e. The summed E-state index contributed by atoms with van der Waals surface area (Å²) in [6, 6.07) is 4.64. The third-order valence-corrected chi connectivity index (χ3v) is 8.24. The van der Waals surface area contributed by atoms with Crippen molar-refractivity contribution in [2.24, 2.45) is 0 Å². The zero-order valence-electron chi connectivity index (χ0n) is 9.43. The molecule has 1 aliphatic rings. The Morgan fingerprint density at radius 3 is 2.59 bits per heavy atom. The highest BCUT2D eigenvalue weighted by molar-refractivity contribution is 9.10. The highest BCUT2D eigenvalue weighted by Gasteiger charge is 2.21. The van der Waals surface area contributed by atoms with Gasteiger partial charge in [0.25, 0.3) is 0 Å². The fourth-order valence-corrected chi connectivity index (χ4v) is 5.94. The lowest BCUT2D eigenvalue weighted by atomic mass is 10.2. The van der Waals surface area contributed by atoms with Crippen molar-refractivity contribution in [2.75, 3.05) is 0 Å². The lowest BCUT2D eigenvalue weighted by Crippen LogP contribution is -1.84. The van der Waals surface area contributed by atoms with E-state index in [1.807, 2.05) is 22.7 Å². The van der Waals surface area contributed by atoms with E-state index in [1.165, 1.54) is 38.4 Å². The maximum Gasteiger partial charge on any atom is 0.0831 e. The van der Waals surface area contributed by atoms with E-state index in [9.17, 15) is 0 Å². The molecule has 0 saturated heterocycles. The van der Waals surface area contributed by atoms with Crippen molar-refractivity contribution in [3.05, 3.63) is 41.7 Å². The molecular formula is C13H12Br2S2. The molecule has 2 aromatic rings. The zero-order valence-corrected chi connectivity index (χ0v) is 14.2. The molecule has 17 heavy (non-hydrogen) atoms. The van der Waals surface area contributed by atoms with Crippen LogP contribution in [-0.4, -0.2) is 0 Å². The number of thiophene rings is 2. The molecule has 0 N–H and O–H groups in total. The van der Waals surface area contributed by atoms with Crippen molar-refractivity contribution >= 4 is 54.5 Å². The summed E-state index contributed by atoms with van der Waals surface area (Å²) in [5, 5.41) is 0. The molecule has 0 aliphatic heterocycles. The molecule has 1 unspecified atom stereocenters. The van der Waals surface area contributed by atoms with Crippen LogP contribution in [0, 0.1) is 6.92 Å². The third kappa shape index (κ3) is 2.29. The van der Waals surface area contributed by atoms with Gasteiger partial charge in [0, 0.05) is 24.0 Å². The first-order valence-corrected chi connectivity index (χ1v) is 9.00. The van der Waals surface area contributed by atoms with Gasteiger partial charge in [-0.25, -0.2) is 0 Å². The fourth-order valence-electron chi connectivity index (χ4n) is 2.22. The van der Waals surface area contributed by atoms with Crippen LogP contribution in [0.2, 0.25) is 0 Å².